The molecule has 0 aliphatic carbocycles. The summed E-state index contributed by atoms with van der Waals surface area (Å²) in [6.45, 7) is 2.22. The molecule has 1 aromatic heterocycles. The number of aromatic nitrogens is 2. The number of benzene rings is 3. The second-order valence-corrected chi connectivity index (χ2v) is 9.84. The van der Waals surface area contributed by atoms with E-state index in [9.17, 15) is 9.90 Å². The van der Waals surface area contributed by atoms with Crippen molar-refractivity contribution in [2.45, 2.75) is 19.4 Å². The Morgan fingerprint density at radius 2 is 1.65 bits per heavy atom. The molecule has 40 heavy (non-hydrogen) atoms. The number of rotatable bonds is 9. The number of halogens is 1. The summed E-state index contributed by atoms with van der Waals surface area (Å²) in [6, 6.07) is 14.1. The zero-order chi connectivity index (χ0) is 28.6. The molecule has 2 heterocycles. The lowest BCUT2D eigenvalue weighted by Gasteiger charge is -2.27. The average molecular weight is 564 g/mol. The Bertz CT molecular complexity index is 1540. The van der Waals surface area contributed by atoms with Gasteiger partial charge in [-0.1, -0.05) is 23.7 Å². The van der Waals surface area contributed by atoms with Crippen molar-refractivity contribution in [3.8, 4) is 40.0 Å². The molecule has 208 valence electrons. The molecule has 0 saturated carbocycles. The largest absolute Gasteiger partial charge is 0.507 e. The number of phenols is 1. The highest BCUT2D eigenvalue weighted by atomic mass is 35.5. The average Bonchev–Trinajstić information content (AvgIpc) is 3.51. The lowest BCUT2D eigenvalue weighted by Crippen LogP contribution is -2.31. The van der Waals surface area contributed by atoms with E-state index in [1.54, 1.807) is 38.4 Å². The normalized spacial score (nSPS) is 14.3. The number of ether oxygens (including phenoxy) is 4. The summed E-state index contributed by atoms with van der Waals surface area (Å²) in [5, 5.41) is 18.7. The number of aromatic amines is 1. The van der Waals surface area contributed by atoms with Crippen LogP contribution in [0.15, 0.2) is 48.5 Å². The number of amides is 1. The monoisotopic (exact) mass is 563 g/mol. The van der Waals surface area contributed by atoms with Gasteiger partial charge in [0, 0.05) is 22.7 Å². The maximum absolute atomic E-state index is 13.8. The Morgan fingerprint density at radius 3 is 2.25 bits per heavy atom. The number of nitrogens with one attached hydrogen (secondary N) is 1. The van der Waals surface area contributed by atoms with E-state index in [2.05, 4.69) is 10.2 Å². The minimum absolute atomic E-state index is 0.0176. The molecule has 10 heteroatoms. The molecule has 1 atom stereocenters. The van der Waals surface area contributed by atoms with Crippen LogP contribution in [-0.4, -0.2) is 61.1 Å². The highest BCUT2D eigenvalue weighted by molar-refractivity contribution is 6.31. The molecule has 4 aromatic rings. The van der Waals surface area contributed by atoms with Crippen molar-refractivity contribution in [3.05, 3.63) is 81.5 Å². The first-order valence-electron chi connectivity index (χ1n) is 12.6. The standard InChI is InChI=1S/C30H30ClN3O6/c1-16-12-22(35)20(15-21(16)31)26-25-27(33-32-26)30(36)34(11-10-17-6-8-19(37-2)9-7-17)28(25)18-13-23(38-3)29(40-5)24(14-18)39-4/h6-9,12-15,28,35H,10-11H2,1-5H3,(H,32,33). The molecule has 1 aliphatic heterocycles. The number of hydrogen-bond donors (Lipinski definition) is 2. The number of aromatic hydroxyl groups is 1. The van der Waals surface area contributed by atoms with Gasteiger partial charge in [0.25, 0.3) is 5.91 Å². The number of aryl methyl sites for hydroxylation is 1. The summed E-state index contributed by atoms with van der Waals surface area (Å²) in [5.41, 5.74) is 4.35. The number of carbonyl (C=O) groups is 1. The third-order valence-electron chi connectivity index (χ3n) is 7.20. The summed E-state index contributed by atoms with van der Waals surface area (Å²) in [5.74, 6) is 1.93. The van der Waals surface area contributed by atoms with Gasteiger partial charge >= 0.3 is 0 Å². The van der Waals surface area contributed by atoms with Crippen LogP contribution in [0.1, 0.15) is 38.8 Å². The highest BCUT2D eigenvalue weighted by Crippen LogP contribution is 2.48. The second kappa shape index (κ2) is 11.0. The summed E-state index contributed by atoms with van der Waals surface area (Å²) >= 11 is 6.43. The number of phenolic OH excluding ortho intramolecular Hbond substituents is 1. The van der Waals surface area contributed by atoms with Gasteiger partial charge in [-0.15, -0.1) is 0 Å². The van der Waals surface area contributed by atoms with Crippen molar-refractivity contribution < 1.29 is 28.8 Å². The van der Waals surface area contributed by atoms with E-state index in [0.717, 1.165) is 22.4 Å². The Balaban J connectivity index is 1.65. The van der Waals surface area contributed by atoms with Crippen LogP contribution < -0.4 is 18.9 Å². The van der Waals surface area contributed by atoms with Crippen LogP contribution in [0.2, 0.25) is 5.02 Å². The number of fused-ring (bicyclic) bond motifs is 1. The fourth-order valence-corrected chi connectivity index (χ4v) is 5.30. The summed E-state index contributed by atoms with van der Waals surface area (Å²) in [6.07, 6.45) is 0.602. The predicted molar refractivity (Wildman–Crippen MR) is 151 cm³/mol. The molecule has 0 spiro atoms. The van der Waals surface area contributed by atoms with Gasteiger partial charge in [-0.3, -0.25) is 9.89 Å². The molecule has 0 bridgehead atoms. The maximum Gasteiger partial charge on any atom is 0.273 e. The first kappa shape index (κ1) is 27.2. The zero-order valence-corrected chi connectivity index (χ0v) is 23.6. The first-order chi connectivity index (χ1) is 19.3. The smallest absolute Gasteiger partial charge is 0.273 e. The van der Waals surface area contributed by atoms with E-state index in [-0.39, 0.29) is 11.7 Å². The first-order valence-corrected chi connectivity index (χ1v) is 13.0. The molecule has 0 saturated heterocycles. The van der Waals surface area contributed by atoms with Crippen LogP contribution in [0.4, 0.5) is 0 Å². The number of hydrogen-bond acceptors (Lipinski definition) is 7. The van der Waals surface area contributed by atoms with Crippen LogP contribution in [-0.2, 0) is 6.42 Å². The Hall–Kier alpha value is -4.37. The van der Waals surface area contributed by atoms with Crippen molar-refractivity contribution in [2.24, 2.45) is 0 Å². The van der Waals surface area contributed by atoms with Crippen molar-refractivity contribution in [3.63, 3.8) is 0 Å². The molecular formula is C30H30ClN3O6. The highest BCUT2D eigenvalue weighted by Gasteiger charge is 2.43. The van der Waals surface area contributed by atoms with Crippen molar-refractivity contribution in [2.75, 3.05) is 35.0 Å². The maximum atomic E-state index is 13.8. The lowest BCUT2D eigenvalue weighted by molar-refractivity contribution is 0.0745. The molecular weight excluding hydrogens is 534 g/mol. The number of H-pyrrole nitrogens is 1. The molecule has 1 aliphatic rings. The summed E-state index contributed by atoms with van der Waals surface area (Å²) in [7, 11) is 6.25. The van der Waals surface area contributed by atoms with E-state index >= 15 is 0 Å². The molecule has 2 N–H and O–H groups in total. The van der Waals surface area contributed by atoms with Crippen LogP contribution in [0.25, 0.3) is 11.3 Å². The van der Waals surface area contributed by atoms with E-state index < -0.39 is 6.04 Å². The molecule has 3 aromatic carbocycles. The van der Waals surface area contributed by atoms with E-state index in [1.165, 1.54) is 7.11 Å². The van der Waals surface area contributed by atoms with Crippen LogP contribution >= 0.6 is 11.6 Å². The zero-order valence-electron chi connectivity index (χ0n) is 22.9. The third kappa shape index (κ3) is 4.66. The second-order valence-electron chi connectivity index (χ2n) is 9.44. The predicted octanol–water partition coefficient (Wildman–Crippen LogP) is 5.57. The molecule has 1 unspecified atom stereocenters. The van der Waals surface area contributed by atoms with Gasteiger partial charge in [-0.2, -0.15) is 5.10 Å². The van der Waals surface area contributed by atoms with Crippen LogP contribution in [0, 0.1) is 6.92 Å². The van der Waals surface area contributed by atoms with E-state index in [4.69, 9.17) is 30.5 Å². The summed E-state index contributed by atoms with van der Waals surface area (Å²) < 4.78 is 22.0. The van der Waals surface area contributed by atoms with Gasteiger partial charge < -0.3 is 29.0 Å². The van der Waals surface area contributed by atoms with E-state index in [0.29, 0.717) is 57.8 Å². The quantitative estimate of drug-likeness (QED) is 0.274. The van der Waals surface area contributed by atoms with Crippen molar-refractivity contribution in [1.82, 2.24) is 15.1 Å². The SMILES string of the molecule is COc1ccc(CCN2C(=O)c3[nH]nc(-c4cc(Cl)c(C)cc4O)c3C2c2cc(OC)c(OC)c(OC)c2)cc1. The van der Waals surface area contributed by atoms with Gasteiger partial charge in [0.2, 0.25) is 5.75 Å². The van der Waals surface area contributed by atoms with Crippen LogP contribution in [0.5, 0.6) is 28.7 Å². The third-order valence-corrected chi connectivity index (χ3v) is 7.61. The number of methoxy groups -OCH3 is 4. The Labute approximate surface area is 237 Å². The fourth-order valence-electron chi connectivity index (χ4n) is 5.14. The Morgan fingerprint density at radius 1 is 0.975 bits per heavy atom. The van der Waals surface area contributed by atoms with Gasteiger partial charge in [0.05, 0.1) is 34.5 Å². The van der Waals surface area contributed by atoms with Gasteiger partial charge in [0.15, 0.2) is 11.5 Å². The molecule has 0 fully saturated rings. The molecule has 1 amide bonds. The van der Waals surface area contributed by atoms with Gasteiger partial charge in [-0.25, -0.2) is 0 Å². The Kier molecular flexibility index (Phi) is 7.49. The molecule has 9 nitrogen and oxygen atoms in total. The lowest BCUT2D eigenvalue weighted by atomic mass is 9.94. The minimum Gasteiger partial charge on any atom is -0.507 e. The number of nitrogens with zero attached hydrogens (tertiary/aromatic N) is 2. The van der Waals surface area contributed by atoms with Gasteiger partial charge in [0.1, 0.15) is 22.9 Å². The van der Waals surface area contributed by atoms with Crippen LogP contribution in [0.3, 0.4) is 0 Å². The summed E-state index contributed by atoms with van der Waals surface area (Å²) in [4.78, 5) is 15.6. The number of carbonyl (C=O) groups excluding carboxylic acids is 1. The van der Waals surface area contributed by atoms with E-state index in [1.807, 2.05) is 43.3 Å². The van der Waals surface area contributed by atoms with Crippen molar-refractivity contribution in [1.29, 1.82) is 0 Å². The topological polar surface area (TPSA) is 106 Å². The minimum atomic E-state index is -0.567. The fraction of sp³-hybridized carbons (Fsp3) is 0.267. The molecule has 0 radical (unpaired) electrons. The molecule has 5 rings (SSSR count). The van der Waals surface area contributed by atoms with Gasteiger partial charge in [-0.05, 0) is 66.4 Å². The van der Waals surface area contributed by atoms with Crippen molar-refractivity contribution >= 4 is 17.5 Å².